The number of ether oxygens (including phenoxy) is 1. The summed E-state index contributed by atoms with van der Waals surface area (Å²) in [5.74, 6) is -0.327. The maximum atomic E-state index is 13.8. The summed E-state index contributed by atoms with van der Waals surface area (Å²) in [5, 5.41) is 10.9. The molecule has 5 rings (SSSR count). The number of hydrogen-bond acceptors (Lipinski definition) is 4. The zero-order chi connectivity index (χ0) is 21.5. The molecule has 1 saturated heterocycles. The molecule has 2 atom stereocenters. The van der Waals surface area contributed by atoms with Crippen LogP contribution in [0.1, 0.15) is 42.9 Å². The molecule has 1 aliphatic carbocycles. The second-order valence-electron chi connectivity index (χ2n) is 8.18. The topological polar surface area (TPSA) is 59.4 Å². The third-order valence-electron chi connectivity index (χ3n) is 5.79. The van der Waals surface area contributed by atoms with Crippen molar-refractivity contribution in [1.29, 1.82) is 0 Å². The van der Waals surface area contributed by atoms with E-state index in [0.717, 1.165) is 46.1 Å². The number of cyclic esters (lactones) is 1. The summed E-state index contributed by atoms with van der Waals surface area (Å²) in [6, 6.07) is 12.6. The van der Waals surface area contributed by atoms with Gasteiger partial charge in [-0.1, -0.05) is 46.3 Å². The van der Waals surface area contributed by atoms with E-state index in [4.69, 9.17) is 9.72 Å². The van der Waals surface area contributed by atoms with Crippen LogP contribution in [0.3, 0.4) is 0 Å². The van der Waals surface area contributed by atoms with Crippen molar-refractivity contribution in [3.63, 3.8) is 0 Å². The standard InChI is InChI=1S/C25H21BrFNO3/c26-21-11-15(27)7-9-18(21)24-19-3-1-2-4-22(19)28-25(14-5-6-14)20(24)10-8-17-12-16(29)13-23(30)31-17/h1-4,7-11,14,16-17,29H,5-6,12-13H2/b10-8+/t16-,17-/m1/s1. The highest BCUT2D eigenvalue weighted by molar-refractivity contribution is 9.10. The SMILES string of the molecule is O=C1C[C@H](O)C[C@@H](/C=C/c2c(C3CC3)nc3ccccc3c2-c2ccc(F)cc2Br)O1. The van der Waals surface area contributed by atoms with Crippen molar-refractivity contribution in [1.82, 2.24) is 4.98 Å². The highest BCUT2D eigenvalue weighted by Gasteiger charge is 2.30. The van der Waals surface area contributed by atoms with Gasteiger partial charge in [-0.25, -0.2) is 4.39 Å². The molecule has 6 heteroatoms. The lowest BCUT2D eigenvalue weighted by Gasteiger charge is -2.24. The summed E-state index contributed by atoms with van der Waals surface area (Å²) in [6.45, 7) is 0. The predicted molar refractivity (Wildman–Crippen MR) is 121 cm³/mol. The van der Waals surface area contributed by atoms with Crippen LogP contribution in [0.2, 0.25) is 0 Å². The molecule has 0 spiro atoms. The predicted octanol–water partition coefficient (Wildman–Crippen LogP) is 5.76. The fourth-order valence-electron chi connectivity index (χ4n) is 4.20. The summed E-state index contributed by atoms with van der Waals surface area (Å²) in [6.07, 6.45) is 5.16. The molecule has 0 amide bonds. The lowest BCUT2D eigenvalue weighted by Crippen LogP contribution is -2.31. The number of esters is 1. The lowest BCUT2D eigenvalue weighted by molar-refractivity contribution is -0.156. The van der Waals surface area contributed by atoms with E-state index in [1.54, 1.807) is 6.07 Å². The van der Waals surface area contributed by atoms with Gasteiger partial charge in [0.15, 0.2) is 0 Å². The van der Waals surface area contributed by atoms with E-state index in [1.165, 1.54) is 12.1 Å². The summed E-state index contributed by atoms with van der Waals surface area (Å²) in [5.41, 5.74) is 4.70. The minimum atomic E-state index is -0.695. The number of para-hydroxylation sites is 1. The molecule has 2 heterocycles. The van der Waals surface area contributed by atoms with E-state index < -0.39 is 18.2 Å². The van der Waals surface area contributed by atoms with Crippen LogP contribution in [0.5, 0.6) is 0 Å². The summed E-state index contributed by atoms with van der Waals surface area (Å²) < 4.78 is 19.9. The maximum absolute atomic E-state index is 13.8. The molecule has 31 heavy (non-hydrogen) atoms. The van der Waals surface area contributed by atoms with Gasteiger partial charge in [0.2, 0.25) is 0 Å². The van der Waals surface area contributed by atoms with Crippen LogP contribution >= 0.6 is 15.9 Å². The fourth-order valence-corrected chi connectivity index (χ4v) is 4.74. The van der Waals surface area contributed by atoms with Crippen LogP contribution in [-0.2, 0) is 9.53 Å². The number of rotatable bonds is 4. The van der Waals surface area contributed by atoms with Crippen LogP contribution in [-0.4, -0.2) is 28.3 Å². The molecule has 1 aliphatic heterocycles. The van der Waals surface area contributed by atoms with Crippen molar-refractivity contribution < 1.29 is 19.0 Å². The molecule has 3 aromatic rings. The highest BCUT2D eigenvalue weighted by Crippen LogP contribution is 2.46. The van der Waals surface area contributed by atoms with E-state index in [2.05, 4.69) is 15.9 Å². The first-order valence-corrected chi connectivity index (χ1v) is 11.2. The smallest absolute Gasteiger partial charge is 0.309 e. The summed E-state index contributed by atoms with van der Waals surface area (Å²) in [7, 11) is 0. The summed E-state index contributed by atoms with van der Waals surface area (Å²) in [4.78, 5) is 16.7. The average Bonchev–Trinajstić information content (AvgIpc) is 3.56. The number of aromatic nitrogens is 1. The van der Waals surface area contributed by atoms with Gasteiger partial charge in [-0.3, -0.25) is 9.78 Å². The van der Waals surface area contributed by atoms with Gasteiger partial charge < -0.3 is 9.84 Å². The van der Waals surface area contributed by atoms with E-state index in [0.29, 0.717) is 16.8 Å². The first-order chi connectivity index (χ1) is 15.0. The Hall–Kier alpha value is -2.57. The number of nitrogens with zero attached hydrogens (tertiary/aromatic N) is 1. The van der Waals surface area contributed by atoms with Crippen molar-refractivity contribution >= 4 is 38.9 Å². The van der Waals surface area contributed by atoms with Crippen LogP contribution < -0.4 is 0 Å². The van der Waals surface area contributed by atoms with Gasteiger partial charge >= 0.3 is 5.97 Å². The molecule has 0 radical (unpaired) electrons. The monoisotopic (exact) mass is 481 g/mol. The Bertz CT molecular complexity index is 1200. The van der Waals surface area contributed by atoms with Crippen LogP contribution in [0.4, 0.5) is 4.39 Å². The lowest BCUT2D eigenvalue weighted by atomic mass is 9.92. The maximum Gasteiger partial charge on any atom is 0.309 e. The molecular formula is C25H21BrFNO3. The molecule has 1 saturated carbocycles. The van der Waals surface area contributed by atoms with Gasteiger partial charge in [-0.15, -0.1) is 0 Å². The second kappa shape index (κ2) is 8.17. The Morgan fingerprint density at radius 3 is 2.74 bits per heavy atom. The molecule has 2 aromatic carbocycles. The number of aliphatic hydroxyl groups is 1. The third kappa shape index (κ3) is 4.14. The normalized spacial score (nSPS) is 21.6. The number of pyridine rings is 1. The van der Waals surface area contributed by atoms with Crippen LogP contribution in [0, 0.1) is 5.82 Å². The molecule has 4 nitrogen and oxygen atoms in total. The second-order valence-corrected chi connectivity index (χ2v) is 9.04. The third-order valence-corrected chi connectivity index (χ3v) is 6.45. The first kappa shape index (κ1) is 20.3. The minimum Gasteiger partial charge on any atom is -0.458 e. The van der Waals surface area contributed by atoms with Crippen molar-refractivity contribution in [2.24, 2.45) is 0 Å². The van der Waals surface area contributed by atoms with Crippen LogP contribution in [0.25, 0.3) is 28.1 Å². The number of aliphatic hydroxyl groups excluding tert-OH is 1. The van der Waals surface area contributed by atoms with Gasteiger partial charge in [0.05, 0.1) is 23.7 Å². The molecule has 0 unspecified atom stereocenters. The van der Waals surface area contributed by atoms with Gasteiger partial charge in [-0.05, 0) is 42.7 Å². The minimum absolute atomic E-state index is 0.0307. The zero-order valence-corrected chi connectivity index (χ0v) is 18.3. The first-order valence-electron chi connectivity index (χ1n) is 10.4. The number of halogens is 2. The van der Waals surface area contributed by atoms with E-state index >= 15 is 0 Å². The number of hydrogen-bond donors (Lipinski definition) is 1. The number of carbonyl (C=O) groups is 1. The largest absolute Gasteiger partial charge is 0.458 e. The Balaban J connectivity index is 1.71. The van der Waals surface area contributed by atoms with Gasteiger partial charge in [0.1, 0.15) is 11.9 Å². The Morgan fingerprint density at radius 2 is 2.00 bits per heavy atom. The summed E-state index contributed by atoms with van der Waals surface area (Å²) >= 11 is 3.54. The van der Waals surface area contributed by atoms with Gasteiger partial charge in [-0.2, -0.15) is 0 Å². The number of carbonyl (C=O) groups excluding carboxylic acids is 1. The van der Waals surface area contributed by atoms with Gasteiger partial charge in [0.25, 0.3) is 0 Å². The van der Waals surface area contributed by atoms with Crippen molar-refractivity contribution in [2.75, 3.05) is 0 Å². The molecule has 158 valence electrons. The molecule has 1 aromatic heterocycles. The van der Waals surface area contributed by atoms with Crippen LogP contribution in [0.15, 0.2) is 53.0 Å². The Morgan fingerprint density at radius 1 is 1.19 bits per heavy atom. The Kier molecular flexibility index (Phi) is 5.36. The molecule has 1 N–H and O–H groups in total. The highest BCUT2D eigenvalue weighted by atomic mass is 79.9. The zero-order valence-electron chi connectivity index (χ0n) is 16.7. The van der Waals surface area contributed by atoms with E-state index in [1.807, 2.05) is 36.4 Å². The van der Waals surface area contributed by atoms with Crippen molar-refractivity contribution in [2.45, 2.75) is 43.8 Å². The van der Waals surface area contributed by atoms with Crippen molar-refractivity contribution in [3.05, 3.63) is 70.1 Å². The average molecular weight is 482 g/mol. The van der Waals surface area contributed by atoms with Crippen molar-refractivity contribution in [3.8, 4) is 11.1 Å². The van der Waals surface area contributed by atoms with Gasteiger partial charge in [0, 0.05) is 33.3 Å². The number of benzene rings is 2. The Labute approximate surface area is 187 Å². The molecule has 0 bridgehead atoms. The quantitative estimate of drug-likeness (QED) is 0.481. The molecular weight excluding hydrogens is 461 g/mol. The fraction of sp³-hybridized carbons (Fsp3) is 0.280. The van der Waals surface area contributed by atoms with E-state index in [9.17, 15) is 14.3 Å². The molecule has 2 aliphatic rings. The molecule has 2 fully saturated rings. The number of fused-ring (bicyclic) bond motifs is 1. The van der Waals surface area contributed by atoms with E-state index in [-0.39, 0.29) is 12.2 Å².